The lowest BCUT2D eigenvalue weighted by Gasteiger charge is -2.37. The number of ether oxygens (including phenoxy) is 1. The minimum atomic E-state index is -4.51. The Morgan fingerprint density at radius 2 is 2.06 bits per heavy atom. The topological polar surface area (TPSA) is 86.7 Å². The molecule has 0 N–H and O–H groups in total. The van der Waals surface area contributed by atoms with Crippen LogP contribution in [0.15, 0.2) is 0 Å². The Morgan fingerprint density at radius 1 is 1.53 bits per heavy atom. The lowest BCUT2D eigenvalue weighted by Crippen LogP contribution is -2.59. The lowest BCUT2D eigenvalue weighted by molar-refractivity contribution is -0.874. The summed E-state index contributed by atoms with van der Waals surface area (Å²) in [5.74, 6) is -0.759. The molecule has 0 bridgehead atoms. The second-order valence-corrected chi connectivity index (χ2v) is 6.95. The van der Waals surface area contributed by atoms with Crippen LogP contribution in [0, 0.1) is 0 Å². The number of carbonyl (C=O) groups excluding carboxylic acids is 1. The van der Waals surface area contributed by atoms with E-state index in [4.69, 9.17) is 16.5 Å². The molecule has 0 aromatic rings. The highest BCUT2D eigenvalue weighted by molar-refractivity contribution is 7.85. The van der Waals surface area contributed by atoms with E-state index in [1.54, 1.807) is 21.1 Å². The van der Waals surface area contributed by atoms with E-state index < -0.39 is 27.5 Å². The number of nitrogens with zero attached hydrogens (tertiary/aromatic N) is 2. The predicted molar refractivity (Wildman–Crippen MR) is 59.2 cm³/mol. The summed E-state index contributed by atoms with van der Waals surface area (Å²) in [6, 6.07) is 0. The third-order valence-electron chi connectivity index (χ3n) is 2.26. The normalized spacial score (nSPS) is 26.2. The number of cyclic esters (lactones) is 1. The summed E-state index contributed by atoms with van der Waals surface area (Å²) in [5.41, 5.74) is -1.31. The second kappa shape index (κ2) is 4.27. The van der Waals surface area contributed by atoms with E-state index >= 15 is 0 Å². The molecule has 0 aromatic heterocycles. The molecule has 0 spiro atoms. The minimum Gasteiger partial charge on any atom is -0.748 e. The molecule has 1 amide bonds. The number of likely N-dealkylation sites (N-methyl/N-ethyl adjacent to an activating group) is 1. The molecule has 1 aliphatic heterocycles. The maximum absolute atomic E-state index is 11.2. The Balaban J connectivity index is 3.06. The number of rotatable bonds is 4. The quantitative estimate of drug-likeness (QED) is 0.398. The lowest BCUT2D eigenvalue weighted by atomic mass is 10.0. The van der Waals surface area contributed by atoms with E-state index in [1.165, 1.54) is 0 Å². The molecule has 1 aliphatic rings. The van der Waals surface area contributed by atoms with Gasteiger partial charge in [0.25, 0.3) is 0 Å². The van der Waals surface area contributed by atoms with Gasteiger partial charge in [-0.2, -0.15) is 0 Å². The van der Waals surface area contributed by atoms with Gasteiger partial charge < -0.3 is 13.8 Å². The van der Waals surface area contributed by atoms with Gasteiger partial charge in [-0.15, -0.1) is 0 Å². The van der Waals surface area contributed by atoms with Gasteiger partial charge in [-0.05, 0) is 0 Å². The van der Waals surface area contributed by atoms with Crippen LogP contribution in [0.1, 0.15) is 0 Å². The molecule has 0 radical (unpaired) electrons. The van der Waals surface area contributed by atoms with E-state index in [0.29, 0.717) is 8.90 Å². The zero-order valence-electron chi connectivity index (χ0n) is 9.84. The van der Waals surface area contributed by atoms with Gasteiger partial charge in [-0.3, -0.25) is 0 Å². The molecule has 1 heterocycles. The van der Waals surface area contributed by atoms with Gasteiger partial charge in [0.15, 0.2) is 5.54 Å². The average Bonchev–Trinajstić information content (AvgIpc) is 2.28. The van der Waals surface area contributed by atoms with Gasteiger partial charge in [0.05, 0.1) is 37.0 Å². The van der Waals surface area contributed by atoms with Crippen LogP contribution in [0.2, 0.25) is 0 Å². The number of carbonyl (C=O) groups is 1. The average molecular weight is 287 g/mol. The van der Waals surface area contributed by atoms with Crippen molar-refractivity contribution in [2.45, 2.75) is 5.54 Å². The van der Waals surface area contributed by atoms with Crippen LogP contribution in [-0.4, -0.2) is 73.6 Å². The van der Waals surface area contributed by atoms with Crippen LogP contribution in [-0.2, 0) is 14.9 Å². The Hall–Kier alpha value is -0.570. The van der Waals surface area contributed by atoms with Crippen molar-refractivity contribution in [1.82, 2.24) is 4.42 Å². The van der Waals surface area contributed by atoms with Crippen molar-refractivity contribution in [3.63, 3.8) is 0 Å². The van der Waals surface area contributed by atoms with Gasteiger partial charge in [0.2, 0.25) is 0 Å². The van der Waals surface area contributed by atoms with E-state index in [9.17, 15) is 17.8 Å². The van der Waals surface area contributed by atoms with Gasteiger partial charge in [-0.1, -0.05) is 0 Å². The monoisotopic (exact) mass is 286 g/mol. The highest BCUT2D eigenvalue weighted by atomic mass is 35.5. The Kier molecular flexibility index (Phi) is 3.64. The van der Waals surface area contributed by atoms with Crippen molar-refractivity contribution in [2.24, 2.45) is 0 Å². The van der Waals surface area contributed by atoms with E-state index in [-0.39, 0.29) is 13.2 Å². The molecule has 1 unspecified atom stereocenters. The first-order valence-corrected chi connectivity index (χ1v) is 6.74. The van der Waals surface area contributed by atoms with Crippen LogP contribution in [0.4, 0.5) is 4.79 Å². The molecule has 17 heavy (non-hydrogen) atoms. The fraction of sp³-hybridized carbons (Fsp3) is 0.875. The molecule has 0 aliphatic carbocycles. The standard InChI is InChI=1S/C8H15ClN2O5S/c1-11(2,3)4-8(6-17(13,14)15)5-16-7(12)10(8)9/h4-6H2,1-3H3. The third kappa shape index (κ3) is 3.70. The first-order valence-electron chi connectivity index (χ1n) is 4.82. The van der Waals surface area contributed by atoms with Gasteiger partial charge in [-0.25, -0.2) is 17.6 Å². The second-order valence-electron chi connectivity index (χ2n) is 5.21. The fourth-order valence-corrected chi connectivity index (χ4v) is 3.21. The molecule has 9 heteroatoms. The fourth-order valence-electron chi connectivity index (χ4n) is 1.97. The third-order valence-corrected chi connectivity index (χ3v) is 3.64. The molecule has 1 atom stereocenters. The molecular weight excluding hydrogens is 272 g/mol. The van der Waals surface area contributed by atoms with Crippen LogP contribution in [0.5, 0.6) is 0 Å². The molecule has 1 saturated heterocycles. The molecule has 7 nitrogen and oxygen atoms in total. The predicted octanol–water partition coefficient (Wildman–Crippen LogP) is -0.417. The van der Waals surface area contributed by atoms with E-state index in [0.717, 1.165) is 0 Å². The summed E-state index contributed by atoms with van der Waals surface area (Å²) >= 11 is 5.74. The highest BCUT2D eigenvalue weighted by Crippen LogP contribution is 2.30. The number of quaternary nitrogens is 1. The Bertz CT molecular complexity index is 418. The summed E-state index contributed by atoms with van der Waals surface area (Å²) in [7, 11) is 0.882. The van der Waals surface area contributed by atoms with Crippen molar-refractivity contribution < 1.29 is 27.0 Å². The molecule has 1 fully saturated rings. The molecule has 100 valence electrons. The van der Waals surface area contributed by atoms with Crippen LogP contribution in [0.25, 0.3) is 0 Å². The minimum absolute atomic E-state index is 0.198. The van der Waals surface area contributed by atoms with Crippen LogP contribution in [0.3, 0.4) is 0 Å². The van der Waals surface area contributed by atoms with Crippen molar-refractivity contribution in [3.8, 4) is 0 Å². The Morgan fingerprint density at radius 3 is 2.35 bits per heavy atom. The van der Waals surface area contributed by atoms with E-state index in [1.807, 2.05) is 0 Å². The van der Waals surface area contributed by atoms with Crippen molar-refractivity contribution in [3.05, 3.63) is 0 Å². The highest BCUT2D eigenvalue weighted by Gasteiger charge is 2.52. The Labute approximate surface area is 105 Å². The summed E-state index contributed by atoms with van der Waals surface area (Å²) in [4.78, 5) is 11.2. The molecule has 1 rings (SSSR count). The van der Waals surface area contributed by atoms with Gasteiger partial charge in [0.1, 0.15) is 13.2 Å². The number of halogens is 1. The number of hydrogen-bond acceptors (Lipinski definition) is 5. The SMILES string of the molecule is C[N+](C)(C)CC1(CS(=O)(=O)[O-])COC(=O)N1Cl. The number of hydrogen-bond donors (Lipinski definition) is 0. The summed E-state index contributed by atoms with van der Waals surface area (Å²) in [6.07, 6.45) is -0.830. The molecule has 0 aromatic carbocycles. The van der Waals surface area contributed by atoms with Crippen molar-refractivity contribution in [1.29, 1.82) is 0 Å². The maximum Gasteiger partial charge on any atom is 0.425 e. The smallest absolute Gasteiger partial charge is 0.425 e. The molecule has 0 saturated carbocycles. The summed E-state index contributed by atoms with van der Waals surface area (Å²) in [5, 5.41) is 0. The van der Waals surface area contributed by atoms with Gasteiger partial charge in [0, 0.05) is 11.8 Å². The van der Waals surface area contributed by atoms with Crippen molar-refractivity contribution >= 4 is 28.0 Å². The largest absolute Gasteiger partial charge is 0.748 e. The summed E-state index contributed by atoms with van der Waals surface area (Å²) < 4.78 is 38.5. The number of amides is 1. The zero-order valence-corrected chi connectivity index (χ0v) is 11.4. The zero-order chi connectivity index (χ0) is 13.5. The van der Waals surface area contributed by atoms with Gasteiger partial charge >= 0.3 is 6.09 Å². The maximum atomic E-state index is 11.2. The van der Waals surface area contributed by atoms with Crippen LogP contribution < -0.4 is 0 Å². The molecular formula is C8H15ClN2O5S. The van der Waals surface area contributed by atoms with E-state index in [2.05, 4.69) is 0 Å². The van der Waals surface area contributed by atoms with Crippen LogP contribution >= 0.6 is 11.8 Å². The van der Waals surface area contributed by atoms with Crippen molar-refractivity contribution in [2.75, 3.05) is 40.0 Å². The first-order chi connectivity index (χ1) is 7.45. The summed E-state index contributed by atoms with van der Waals surface area (Å²) in [6.45, 7) is -0.00394. The first kappa shape index (κ1) is 14.5.